The van der Waals surface area contributed by atoms with Gasteiger partial charge in [0.25, 0.3) is 11.6 Å². The van der Waals surface area contributed by atoms with Crippen LogP contribution < -0.4 is 0 Å². The minimum Gasteiger partial charge on any atom is -0.341 e. The molecular formula is C12H13ClN2O3. The standard InChI is InChI=1S/C12H13ClN2O3/c1-14(7-8-2-3-8)12(16)10-6-9(15(17)18)4-5-11(10)13/h4-6,8H,2-3,7H2,1H3. The third-order valence-electron chi connectivity index (χ3n) is 2.97. The predicted molar refractivity (Wildman–Crippen MR) is 67.8 cm³/mol. The molecule has 1 aromatic carbocycles. The molecule has 2 rings (SSSR count). The molecule has 6 heteroatoms. The number of rotatable bonds is 4. The second-order valence-corrected chi connectivity index (χ2v) is 4.96. The summed E-state index contributed by atoms with van der Waals surface area (Å²) in [5.41, 5.74) is 0.0663. The Bertz CT molecular complexity index is 500. The van der Waals surface area contributed by atoms with Crippen LogP contribution in [0.25, 0.3) is 0 Å². The van der Waals surface area contributed by atoms with Gasteiger partial charge in [0.05, 0.1) is 15.5 Å². The van der Waals surface area contributed by atoms with E-state index in [1.165, 1.54) is 18.2 Å². The topological polar surface area (TPSA) is 63.5 Å². The second-order valence-electron chi connectivity index (χ2n) is 4.55. The summed E-state index contributed by atoms with van der Waals surface area (Å²) in [7, 11) is 1.69. The lowest BCUT2D eigenvalue weighted by Crippen LogP contribution is -2.29. The van der Waals surface area contributed by atoms with Gasteiger partial charge in [-0.25, -0.2) is 0 Å². The normalized spacial score (nSPS) is 14.3. The molecule has 1 aromatic rings. The number of nitro benzene ring substituents is 1. The number of nitro groups is 1. The first-order valence-corrected chi connectivity index (χ1v) is 6.06. The Morgan fingerprint density at radius 2 is 2.22 bits per heavy atom. The van der Waals surface area contributed by atoms with Crippen molar-refractivity contribution in [1.29, 1.82) is 0 Å². The zero-order valence-corrected chi connectivity index (χ0v) is 10.7. The number of non-ortho nitro benzene ring substituents is 1. The van der Waals surface area contributed by atoms with Crippen LogP contribution in [-0.4, -0.2) is 29.3 Å². The minimum atomic E-state index is -0.534. The Morgan fingerprint density at radius 1 is 1.56 bits per heavy atom. The predicted octanol–water partition coefficient (Wildman–Crippen LogP) is 2.73. The van der Waals surface area contributed by atoms with Gasteiger partial charge in [-0.1, -0.05) is 11.6 Å². The average Bonchev–Trinajstić information content (AvgIpc) is 3.12. The van der Waals surface area contributed by atoms with Gasteiger partial charge in [-0.3, -0.25) is 14.9 Å². The first kappa shape index (κ1) is 12.8. The van der Waals surface area contributed by atoms with Crippen LogP contribution in [0.3, 0.4) is 0 Å². The molecule has 0 N–H and O–H groups in total. The molecule has 0 unspecified atom stereocenters. The van der Waals surface area contributed by atoms with Gasteiger partial charge in [-0.2, -0.15) is 0 Å². The molecule has 5 nitrogen and oxygen atoms in total. The van der Waals surface area contributed by atoms with Crippen LogP contribution >= 0.6 is 11.6 Å². The first-order chi connectivity index (χ1) is 8.49. The van der Waals surface area contributed by atoms with Crippen LogP contribution in [-0.2, 0) is 0 Å². The van der Waals surface area contributed by atoms with E-state index >= 15 is 0 Å². The highest BCUT2D eigenvalue weighted by atomic mass is 35.5. The summed E-state index contributed by atoms with van der Waals surface area (Å²) in [4.78, 5) is 23.8. The van der Waals surface area contributed by atoms with E-state index < -0.39 is 4.92 Å². The number of nitrogens with zero attached hydrogens (tertiary/aromatic N) is 2. The van der Waals surface area contributed by atoms with E-state index in [0.29, 0.717) is 12.5 Å². The van der Waals surface area contributed by atoms with Crippen LogP contribution in [0.1, 0.15) is 23.2 Å². The molecule has 1 amide bonds. The monoisotopic (exact) mass is 268 g/mol. The van der Waals surface area contributed by atoms with Gasteiger partial charge in [0, 0.05) is 25.7 Å². The molecule has 0 saturated heterocycles. The zero-order valence-electron chi connectivity index (χ0n) is 9.93. The summed E-state index contributed by atoms with van der Waals surface area (Å²) in [5, 5.41) is 10.9. The summed E-state index contributed by atoms with van der Waals surface area (Å²) in [5.74, 6) is 0.298. The highest BCUT2D eigenvalue weighted by Gasteiger charge is 2.26. The van der Waals surface area contributed by atoms with Gasteiger partial charge < -0.3 is 4.90 Å². The fraction of sp³-hybridized carbons (Fsp3) is 0.417. The van der Waals surface area contributed by atoms with E-state index in [0.717, 1.165) is 12.8 Å². The lowest BCUT2D eigenvalue weighted by atomic mass is 10.1. The Kier molecular flexibility index (Phi) is 3.52. The van der Waals surface area contributed by atoms with Gasteiger partial charge >= 0.3 is 0 Å². The maximum atomic E-state index is 12.1. The number of hydrogen-bond donors (Lipinski definition) is 0. The summed E-state index contributed by atoms with van der Waals surface area (Å²) >= 11 is 5.92. The lowest BCUT2D eigenvalue weighted by molar-refractivity contribution is -0.384. The van der Waals surface area contributed by atoms with Crippen molar-refractivity contribution < 1.29 is 9.72 Å². The molecule has 0 atom stereocenters. The molecule has 0 radical (unpaired) electrons. The second kappa shape index (κ2) is 4.94. The fourth-order valence-electron chi connectivity index (χ4n) is 1.77. The summed E-state index contributed by atoms with van der Waals surface area (Å²) in [6.45, 7) is 0.678. The van der Waals surface area contributed by atoms with Gasteiger partial charge in [-0.15, -0.1) is 0 Å². The zero-order chi connectivity index (χ0) is 13.3. The molecule has 1 aliphatic rings. The van der Waals surface area contributed by atoms with E-state index in [-0.39, 0.29) is 22.2 Å². The number of carbonyl (C=O) groups is 1. The van der Waals surface area contributed by atoms with E-state index in [2.05, 4.69) is 0 Å². The summed E-state index contributed by atoms with van der Waals surface area (Å²) in [6, 6.07) is 3.91. The third kappa shape index (κ3) is 2.79. The van der Waals surface area contributed by atoms with Gasteiger partial charge in [-0.05, 0) is 24.8 Å². The molecule has 0 aliphatic heterocycles. The number of amides is 1. The van der Waals surface area contributed by atoms with E-state index in [4.69, 9.17) is 11.6 Å². The smallest absolute Gasteiger partial charge is 0.270 e. The third-order valence-corrected chi connectivity index (χ3v) is 3.30. The highest BCUT2D eigenvalue weighted by Crippen LogP contribution is 2.30. The van der Waals surface area contributed by atoms with Gasteiger partial charge in [0.2, 0.25) is 0 Å². The molecule has 0 heterocycles. The SMILES string of the molecule is CN(CC1CC1)C(=O)c1cc([N+](=O)[O-])ccc1Cl. The molecule has 1 aliphatic carbocycles. The minimum absolute atomic E-state index is 0.123. The maximum absolute atomic E-state index is 12.1. The lowest BCUT2D eigenvalue weighted by Gasteiger charge is -2.17. The van der Waals surface area contributed by atoms with Crippen molar-refractivity contribution in [2.75, 3.05) is 13.6 Å². The Hall–Kier alpha value is -1.62. The molecule has 1 saturated carbocycles. The van der Waals surface area contributed by atoms with Gasteiger partial charge in [0.1, 0.15) is 0 Å². The van der Waals surface area contributed by atoms with Crippen molar-refractivity contribution in [3.63, 3.8) is 0 Å². The van der Waals surface area contributed by atoms with Crippen LogP contribution in [0.5, 0.6) is 0 Å². The van der Waals surface area contributed by atoms with Crippen molar-refractivity contribution >= 4 is 23.2 Å². The number of carbonyl (C=O) groups excluding carboxylic acids is 1. The van der Waals surface area contributed by atoms with Gasteiger partial charge in [0.15, 0.2) is 0 Å². The molecule has 96 valence electrons. The number of benzene rings is 1. The van der Waals surface area contributed by atoms with Crippen LogP contribution in [0.4, 0.5) is 5.69 Å². The first-order valence-electron chi connectivity index (χ1n) is 5.68. The van der Waals surface area contributed by atoms with Crippen LogP contribution in [0.2, 0.25) is 5.02 Å². The van der Waals surface area contributed by atoms with E-state index in [1.807, 2.05) is 0 Å². The Morgan fingerprint density at radius 3 is 2.78 bits per heavy atom. The molecular weight excluding hydrogens is 256 g/mol. The van der Waals surface area contributed by atoms with Crippen LogP contribution in [0, 0.1) is 16.0 Å². The van der Waals surface area contributed by atoms with Crippen molar-refractivity contribution in [3.8, 4) is 0 Å². The molecule has 0 bridgehead atoms. The molecule has 1 fully saturated rings. The van der Waals surface area contributed by atoms with Crippen molar-refractivity contribution in [2.45, 2.75) is 12.8 Å². The molecule has 0 spiro atoms. The van der Waals surface area contributed by atoms with Crippen molar-refractivity contribution in [2.24, 2.45) is 5.92 Å². The highest BCUT2D eigenvalue weighted by molar-refractivity contribution is 6.33. The number of hydrogen-bond acceptors (Lipinski definition) is 3. The molecule has 0 aromatic heterocycles. The maximum Gasteiger partial charge on any atom is 0.270 e. The Balaban J connectivity index is 2.22. The largest absolute Gasteiger partial charge is 0.341 e. The van der Waals surface area contributed by atoms with E-state index in [9.17, 15) is 14.9 Å². The quantitative estimate of drug-likeness (QED) is 0.623. The van der Waals surface area contributed by atoms with Crippen molar-refractivity contribution in [1.82, 2.24) is 4.90 Å². The fourth-order valence-corrected chi connectivity index (χ4v) is 1.97. The number of halogens is 1. The van der Waals surface area contributed by atoms with Crippen molar-refractivity contribution in [3.05, 3.63) is 38.9 Å². The van der Waals surface area contributed by atoms with Crippen LogP contribution in [0.15, 0.2) is 18.2 Å². The summed E-state index contributed by atoms with van der Waals surface area (Å²) < 4.78 is 0. The Labute approximate surface area is 109 Å². The average molecular weight is 269 g/mol. The van der Waals surface area contributed by atoms with E-state index in [1.54, 1.807) is 11.9 Å². The summed E-state index contributed by atoms with van der Waals surface area (Å²) in [6.07, 6.45) is 2.28. The molecule has 18 heavy (non-hydrogen) atoms.